The lowest BCUT2D eigenvalue weighted by Crippen LogP contribution is -2.43. The minimum atomic E-state index is -0.275. The van der Waals surface area contributed by atoms with E-state index in [9.17, 15) is 5.11 Å². The van der Waals surface area contributed by atoms with Gasteiger partial charge in [0.25, 0.3) is 0 Å². The second-order valence-electron chi connectivity index (χ2n) is 13.3. The molecule has 0 aliphatic heterocycles. The Morgan fingerprint density at radius 3 is 2.12 bits per heavy atom. The van der Waals surface area contributed by atoms with Crippen LogP contribution in [0.2, 0.25) is 0 Å². The predicted molar refractivity (Wildman–Crippen MR) is 148 cm³/mol. The SMILES string of the molecule is CC1=CCC(C(C)(C)C(C)(C)c2ccccc2)C=C1C(C)(CC(C)(C)C)C1=CCC(O)CC=C1. The molecule has 2 aliphatic carbocycles. The number of aliphatic hydroxyl groups is 1. The first kappa shape index (κ1) is 26.7. The lowest BCUT2D eigenvalue weighted by molar-refractivity contribution is 0.130. The molecule has 0 spiro atoms. The predicted octanol–water partition coefficient (Wildman–Crippen LogP) is 8.96. The summed E-state index contributed by atoms with van der Waals surface area (Å²) in [6.07, 6.45) is 15.2. The van der Waals surface area contributed by atoms with Crippen molar-refractivity contribution in [1.29, 1.82) is 0 Å². The van der Waals surface area contributed by atoms with Gasteiger partial charge in [0, 0.05) is 5.41 Å². The number of benzene rings is 1. The Kier molecular flexibility index (Phi) is 7.59. The molecule has 186 valence electrons. The third kappa shape index (κ3) is 5.35. The van der Waals surface area contributed by atoms with Crippen molar-refractivity contribution in [2.24, 2.45) is 22.2 Å². The van der Waals surface area contributed by atoms with Gasteiger partial charge in [-0.25, -0.2) is 0 Å². The van der Waals surface area contributed by atoms with Crippen molar-refractivity contribution in [2.45, 2.75) is 99.5 Å². The molecule has 0 aromatic heterocycles. The molecule has 0 saturated carbocycles. The van der Waals surface area contributed by atoms with Crippen molar-refractivity contribution in [3.8, 4) is 0 Å². The molecule has 1 N–H and O–H groups in total. The monoisotopic (exact) mass is 460 g/mol. The molecule has 1 heteroatoms. The summed E-state index contributed by atoms with van der Waals surface area (Å²) in [5.74, 6) is 0.446. The Morgan fingerprint density at radius 1 is 0.853 bits per heavy atom. The Hall–Kier alpha value is -1.86. The highest BCUT2D eigenvalue weighted by atomic mass is 16.3. The fourth-order valence-corrected chi connectivity index (χ4v) is 6.23. The lowest BCUT2D eigenvalue weighted by atomic mass is 9.55. The van der Waals surface area contributed by atoms with E-state index in [-0.39, 0.29) is 27.8 Å². The Labute approximate surface area is 209 Å². The van der Waals surface area contributed by atoms with Gasteiger partial charge < -0.3 is 5.11 Å². The minimum absolute atomic E-state index is 0.0334. The fraction of sp³-hybridized carbons (Fsp3) is 0.576. The molecule has 1 aromatic carbocycles. The van der Waals surface area contributed by atoms with Crippen molar-refractivity contribution >= 4 is 0 Å². The fourth-order valence-electron chi connectivity index (χ4n) is 6.23. The van der Waals surface area contributed by atoms with Gasteiger partial charge in [0.05, 0.1) is 6.10 Å². The Bertz CT molecular complexity index is 977. The Balaban J connectivity index is 2.10. The highest BCUT2D eigenvalue weighted by molar-refractivity contribution is 5.48. The lowest BCUT2D eigenvalue weighted by Gasteiger charge is -2.49. The maximum atomic E-state index is 10.3. The van der Waals surface area contributed by atoms with Crippen LogP contribution in [0.4, 0.5) is 0 Å². The summed E-state index contributed by atoms with van der Waals surface area (Å²) >= 11 is 0. The standard InChI is InChI=1S/C33H48O/c1-24-18-19-27(32(7,8)31(5,6)25-14-11-10-12-15-25)22-29(24)33(9,23-30(2,3)4)26-16-13-17-28(34)21-20-26/h10-16,18,20,22,27-28,34H,17,19,21,23H2,1-9H3. The van der Waals surface area contributed by atoms with Crippen LogP contribution in [0.5, 0.6) is 0 Å². The molecule has 0 amide bonds. The van der Waals surface area contributed by atoms with Gasteiger partial charge in [-0.3, -0.25) is 0 Å². The maximum Gasteiger partial charge on any atom is 0.0609 e. The third-order valence-electron chi connectivity index (χ3n) is 8.93. The zero-order valence-electron chi connectivity index (χ0n) is 23.2. The van der Waals surface area contributed by atoms with Gasteiger partial charge in [-0.05, 0) is 71.5 Å². The molecule has 1 aromatic rings. The molecule has 0 bridgehead atoms. The smallest absolute Gasteiger partial charge is 0.0609 e. The van der Waals surface area contributed by atoms with Crippen LogP contribution in [-0.2, 0) is 5.41 Å². The highest BCUT2D eigenvalue weighted by Gasteiger charge is 2.45. The van der Waals surface area contributed by atoms with Gasteiger partial charge in [-0.2, -0.15) is 0 Å². The van der Waals surface area contributed by atoms with Gasteiger partial charge >= 0.3 is 0 Å². The minimum Gasteiger partial charge on any atom is -0.392 e. The summed E-state index contributed by atoms with van der Waals surface area (Å²) < 4.78 is 0. The number of hydrogen-bond acceptors (Lipinski definition) is 1. The zero-order chi connectivity index (χ0) is 25.4. The average Bonchev–Trinajstić information content (AvgIpc) is 2.98. The van der Waals surface area contributed by atoms with Gasteiger partial charge in [-0.15, -0.1) is 0 Å². The van der Waals surface area contributed by atoms with Crippen LogP contribution in [0.3, 0.4) is 0 Å². The van der Waals surface area contributed by atoms with Gasteiger partial charge in [0.1, 0.15) is 0 Å². The zero-order valence-corrected chi connectivity index (χ0v) is 23.2. The summed E-state index contributed by atoms with van der Waals surface area (Å²) in [6.45, 7) is 21.5. The van der Waals surface area contributed by atoms with Crippen LogP contribution < -0.4 is 0 Å². The van der Waals surface area contributed by atoms with Crippen molar-refractivity contribution in [1.82, 2.24) is 0 Å². The molecular weight excluding hydrogens is 412 g/mol. The molecule has 34 heavy (non-hydrogen) atoms. The molecule has 3 rings (SSSR count). The van der Waals surface area contributed by atoms with E-state index >= 15 is 0 Å². The van der Waals surface area contributed by atoms with Crippen molar-refractivity contribution in [3.05, 3.63) is 83.0 Å². The molecule has 2 aliphatic rings. The van der Waals surface area contributed by atoms with Crippen LogP contribution in [0.1, 0.15) is 93.6 Å². The van der Waals surface area contributed by atoms with Gasteiger partial charge in [0.2, 0.25) is 0 Å². The molecule has 0 radical (unpaired) electrons. The Morgan fingerprint density at radius 2 is 1.50 bits per heavy atom. The van der Waals surface area contributed by atoms with Crippen LogP contribution in [0.25, 0.3) is 0 Å². The number of hydrogen-bond donors (Lipinski definition) is 1. The van der Waals surface area contributed by atoms with Gasteiger partial charge in [-0.1, -0.05) is 122 Å². The van der Waals surface area contributed by atoms with Crippen LogP contribution in [-0.4, -0.2) is 11.2 Å². The average molecular weight is 461 g/mol. The molecule has 0 heterocycles. The van der Waals surface area contributed by atoms with Gasteiger partial charge in [0.15, 0.2) is 0 Å². The third-order valence-corrected chi connectivity index (χ3v) is 8.93. The van der Waals surface area contributed by atoms with E-state index in [0.717, 1.165) is 25.7 Å². The van der Waals surface area contributed by atoms with E-state index in [1.54, 1.807) is 0 Å². The normalized spacial score (nSPS) is 24.0. The van der Waals surface area contributed by atoms with E-state index in [4.69, 9.17) is 0 Å². The van der Waals surface area contributed by atoms with E-state index in [2.05, 4.69) is 123 Å². The number of rotatable bonds is 6. The topological polar surface area (TPSA) is 20.2 Å². The summed E-state index contributed by atoms with van der Waals surface area (Å²) in [7, 11) is 0. The largest absolute Gasteiger partial charge is 0.392 e. The van der Waals surface area contributed by atoms with Crippen molar-refractivity contribution < 1.29 is 5.11 Å². The number of aliphatic hydroxyl groups excluding tert-OH is 1. The molecule has 3 unspecified atom stereocenters. The first-order chi connectivity index (χ1) is 15.7. The summed E-state index contributed by atoms with van der Waals surface area (Å²) in [6, 6.07) is 11.0. The molecule has 0 saturated heterocycles. The summed E-state index contributed by atoms with van der Waals surface area (Å²) in [4.78, 5) is 0. The second-order valence-corrected chi connectivity index (χ2v) is 13.3. The quantitative estimate of drug-likeness (QED) is 0.449. The van der Waals surface area contributed by atoms with Crippen LogP contribution >= 0.6 is 0 Å². The van der Waals surface area contributed by atoms with Crippen molar-refractivity contribution in [3.63, 3.8) is 0 Å². The van der Waals surface area contributed by atoms with Crippen LogP contribution in [0, 0.1) is 22.2 Å². The summed E-state index contributed by atoms with van der Waals surface area (Å²) in [5, 5.41) is 10.3. The van der Waals surface area contributed by atoms with Crippen molar-refractivity contribution in [2.75, 3.05) is 0 Å². The van der Waals surface area contributed by atoms with Crippen LogP contribution in [0.15, 0.2) is 77.4 Å². The first-order valence-corrected chi connectivity index (χ1v) is 13.2. The van der Waals surface area contributed by atoms with E-state index in [1.165, 1.54) is 22.3 Å². The molecular formula is C33H48O. The first-order valence-electron chi connectivity index (χ1n) is 13.2. The second kappa shape index (κ2) is 9.65. The van der Waals surface area contributed by atoms with E-state index < -0.39 is 0 Å². The molecule has 3 atom stereocenters. The maximum absolute atomic E-state index is 10.3. The van der Waals surface area contributed by atoms with E-state index in [1.807, 2.05) is 0 Å². The van der Waals surface area contributed by atoms with E-state index in [0.29, 0.717) is 5.92 Å². The molecule has 1 nitrogen and oxygen atoms in total. The summed E-state index contributed by atoms with van der Waals surface area (Å²) in [5.41, 5.74) is 5.85. The highest BCUT2D eigenvalue weighted by Crippen LogP contribution is 2.54. The number of allylic oxidation sites excluding steroid dienone is 6. The molecule has 0 fully saturated rings.